The lowest BCUT2D eigenvalue weighted by atomic mass is 9.98. The van der Waals surface area contributed by atoms with E-state index in [1.165, 1.54) is 0 Å². The lowest BCUT2D eigenvalue weighted by Gasteiger charge is -2.44. The average Bonchev–Trinajstić information content (AvgIpc) is 3.13. The molecule has 1 fully saturated rings. The second-order valence-corrected chi connectivity index (χ2v) is 8.91. The Morgan fingerprint density at radius 1 is 1.10 bits per heavy atom. The van der Waals surface area contributed by atoms with Crippen LogP contribution in [0.4, 0.5) is 4.79 Å². The molecule has 156 valence electrons. The topological polar surface area (TPSA) is 173 Å². The predicted molar refractivity (Wildman–Crippen MR) is 99.8 cm³/mol. The number of fused-ring (bicyclic) bond motifs is 1. The average molecular weight is 444 g/mol. The van der Waals surface area contributed by atoms with Gasteiger partial charge >= 0.3 is 16.2 Å². The molecular weight excluding hydrogens is 428 g/mol. The number of nitrogens with zero attached hydrogens (tertiary/aromatic N) is 4. The fraction of sp³-hybridized carbons (Fsp3) is 0.400. The molecule has 14 heteroatoms. The maximum Gasteiger partial charge on any atom is 0.363 e. The molecule has 0 saturated carbocycles. The standard InChI is InChI=1S/C15H16N4O8S2/c20-6-8-9(21)10(22)11(23)13(27-8)18-14(24)16-15-19(29(18,25)26)17-12(28-15)7-4-2-1-3-5-7/h1-5,8-11,13,20-23H,6H2/t8-,9-,10+,11-,13-/m1/s1. The summed E-state index contributed by atoms with van der Waals surface area (Å²) in [4.78, 5) is 16.2. The first-order chi connectivity index (χ1) is 13.8. The fourth-order valence-electron chi connectivity index (χ4n) is 3.01. The number of hydrogen-bond acceptors (Lipinski definition) is 10. The van der Waals surface area contributed by atoms with Gasteiger partial charge in [0.1, 0.15) is 29.5 Å². The molecule has 1 saturated heterocycles. The van der Waals surface area contributed by atoms with Gasteiger partial charge in [0.15, 0.2) is 6.23 Å². The Morgan fingerprint density at radius 2 is 1.79 bits per heavy atom. The van der Waals surface area contributed by atoms with Crippen LogP contribution in [0.2, 0.25) is 0 Å². The van der Waals surface area contributed by atoms with Gasteiger partial charge in [0.25, 0.3) is 0 Å². The molecule has 3 heterocycles. The van der Waals surface area contributed by atoms with E-state index in [1.54, 1.807) is 30.3 Å². The van der Waals surface area contributed by atoms with Crippen molar-refractivity contribution in [3.8, 4) is 0 Å². The number of benzene rings is 1. The number of carbonyl (C=O) groups excluding carboxylic acids is 1. The van der Waals surface area contributed by atoms with Crippen LogP contribution < -0.4 is 0 Å². The van der Waals surface area contributed by atoms with Crippen molar-refractivity contribution in [2.45, 2.75) is 30.6 Å². The Bertz CT molecular complexity index is 983. The van der Waals surface area contributed by atoms with E-state index in [-0.39, 0.29) is 14.5 Å². The zero-order chi connectivity index (χ0) is 20.9. The summed E-state index contributed by atoms with van der Waals surface area (Å²) in [6, 6.07) is 7.38. The zero-order valence-corrected chi connectivity index (χ0v) is 16.1. The normalized spacial score (nSPS) is 33.9. The molecule has 0 radical (unpaired) electrons. The number of amidine groups is 1. The Labute approximate surface area is 168 Å². The van der Waals surface area contributed by atoms with E-state index >= 15 is 0 Å². The number of ether oxygens (including phenoxy) is 1. The van der Waals surface area contributed by atoms with Crippen LogP contribution >= 0.6 is 11.8 Å². The largest absolute Gasteiger partial charge is 0.394 e. The van der Waals surface area contributed by atoms with Crippen LogP contribution in [0.15, 0.2) is 40.4 Å². The number of aliphatic hydroxyl groups is 4. The molecule has 4 N–H and O–H groups in total. The highest BCUT2D eigenvalue weighted by Gasteiger charge is 2.55. The van der Waals surface area contributed by atoms with Crippen molar-refractivity contribution in [3.05, 3.63) is 35.9 Å². The molecule has 3 aliphatic heterocycles. The van der Waals surface area contributed by atoms with E-state index in [2.05, 4.69) is 10.1 Å². The van der Waals surface area contributed by atoms with E-state index in [0.29, 0.717) is 9.98 Å². The van der Waals surface area contributed by atoms with Gasteiger partial charge in [0.05, 0.1) is 6.61 Å². The molecule has 1 aromatic rings. The van der Waals surface area contributed by atoms with Gasteiger partial charge in [0, 0.05) is 5.56 Å². The summed E-state index contributed by atoms with van der Waals surface area (Å²) < 4.78 is 32.0. The minimum Gasteiger partial charge on any atom is -0.394 e. The second-order valence-electron chi connectivity index (χ2n) is 6.32. The molecular formula is C15H16N4O8S2. The molecule has 1 aromatic carbocycles. The van der Waals surface area contributed by atoms with Gasteiger partial charge in [-0.1, -0.05) is 30.3 Å². The van der Waals surface area contributed by atoms with E-state index in [1.807, 2.05) is 0 Å². The first-order valence-electron chi connectivity index (χ1n) is 8.35. The highest BCUT2D eigenvalue weighted by molar-refractivity contribution is 8.28. The summed E-state index contributed by atoms with van der Waals surface area (Å²) in [7, 11) is -4.68. The van der Waals surface area contributed by atoms with Gasteiger partial charge in [-0.25, -0.2) is 4.79 Å². The van der Waals surface area contributed by atoms with Crippen LogP contribution in [0, 0.1) is 0 Å². The third-order valence-electron chi connectivity index (χ3n) is 4.50. The molecule has 5 atom stereocenters. The summed E-state index contributed by atoms with van der Waals surface area (Å²) >= 11 is 0.876. The van der Waals surface area contributed by atoms with Crippen molar-refractivity contribution in [2.75, 3.05) is 6.61 Å². The fourth-order valence-corrected chi connectivity index (χ4v) is 5.52. The molecule has 0 unspecified atom stereocenters. The highest BCUT2D eigenvalue weighted by Crippen LogP contribution is 2.35. The molecule has 4 rings (SSSR count). The van der Waals surface area contributed by atoms with Crippen molar-refractivity contribution in [2.24, 2.45) is 10.1 Å². The van der Waals surface area contributed by atoms with Crippen LogP contribution in [-0.2, 0) is 14.9 Å². The van der Waals surface area contributed by atoms with E-state index in [0.717, 1.165) is 11.8 Å². The number of rotatable bonds is 3. The first-order valence-corrected chi connectivity index (χ1v) is 10.6. The summed E-state index contributed by atoms with van der Waals surface area (Å²) in [5.41, 5.74) is 0.608. The van der Waals surface area contributed by atoms with Gasteiger partial charge in [-0.2, -0.15) is 17.7 Å². The quantitative estimate of drug-likeness (QED) is 0.421. The molecule has 12 nitrogen and oxygen atoms in total. The number of aliphatic imine (C=N–C) groups is 1. The maximum atomic E-state index is 13.0. The number of carbonyl (C=O) groups is 1. The molecule has 2 amide bonds. The minimum absolute atomic E-state index is 0.136. The van der Waals surface area contributed by atoms with Gasteiger partial charge in [-0.3, -0.25) is 0 Å². The van der Waals surface area contributed by atoms with Gasteiger partial charge in [0.2, 0.25) is 5.17 Å². The molecule has 3 aliphatic rings. The number of thioether (sulfide) groups is 1. The summed E-state index contributed by atoms with van der Waals surface area (Å²) in [5, 5.41) is 43.4. The SMILES string of the molecule is O=C1N=C2SC(c3ccccc3)=NN2S(=O)(=O)N1[C@@H]1O[C@H](CO)[C@@H](O)[C@H](O)[C@H]1O. The summed E-state index contributed by atoms with van der Waals surface area (Å²) in [6.45, 7) is -0.784. The highest BCUT2D eigenvalue weighted by atomic mass is 32.2. The van der Waals surface area contributed by atoms with Crippen LogP contribution in [0.1, 0.15) is 5.56 Å². The number of urea groups is 1. The molecule has 0 aliphatic carbocycles. The third kappa shape index (κ3) is 3.22. The molecule has 0 aromatic heterocycles. The monoisotopic (exact) mass is 444 g/mol. The van der Waals surface area contributed by atoms with E-state index in [4.69, 9.17) is 4.74 Å². The maximum absolute atomic E-state index is 13.0. The molecule has 29 heavy (non-hydrogen) atoms. The Hall–Kier alpha value is -2.07. The van der Waals surface area contributed by atoms with Gasteiger partial charge in [-0.05, 0) is 11.8 Å². The Morgan fingerprint density at radius 3 is 2.45 bits per heavy atom. The number of hydrazone groups is 1. The number of aliphatic hydroxyl groups excluding tert-OH is 4. The van der Waals surface area contributed by atoms with Crippen LogP contribution in [0.3, 0.4) is 0 Å². The lowest BCUT2D eigenvalue weighted by molar-refractivity contribution is -0.247. The van der Waals surface area contributed by atoms with Crippen LogP contribution in [0.25, 0.3) is 0 Å². The Kier molecular flexibility index (Phi) is 5.10. The number of amides is 2. The Balaban J connectivity index is 1.71. The predicted octanol–water partition coefficient (Wildman–Crippen LogP) is -1.77. The third-order valence-corrected chi connectivity index (χ3v) is 7.12. The zero-order valence-electron chi connectivity index (χ0n) is 14.5. The van der Waals surface area contributed by atoms with Crippen LogP contribution in [-0.4, -0.2) is 91.1 Å². The van der Waals surface area contributed by atoms with E-state index in [9.17, 15) is 33.6 Å². The first kappa shape index (κ1) is 20.2. The van der Waals surface area contributed by atoms with E-state index < -0.39 is 53.5 Å². The smallest absolute Gasteiger partial charge is 0.363 e. The van der Waals surface area contributed by atoms with Crippen molar-refractivity contribution in [1.29, 1.82) is 0 Å². The second kappa shape index (κ2) is 7.32. The number of hydrogen-bond donors (Lipinski definition) is 4. The van der Waals surface area contributed by atoms with Gasteiger partial charge < -0.3 is 25.2 Å². The van der Waals surface area contributed by atoms with Crippen LogP contribution in [0.5, 0.6) is 0 Å². The lowest BCUT2D eigenvalue weighted by Crippen LogP contribution is -2.66. The summed E-state index contributed by atoms with van der Waals surface area (Å²) in [5.74, 6) is 0. The van der Waals surface area contributed by atoms with Crippen molar-refractivity contribution in [3.63, 3.8) is 0 Å². The summed E-state index contributed by atoms with van der Waals surface area (Å²) in [6.07, 6.45) is -8.87. The van der Waals surface area contributed by atoms with Gasteiger partial charge in [-0.15, -0.1) is 9.52 Å². The minimum atomic E-state index is -4.68. The molecule has 0 bridgehead atoms. The van der Waals surface area contributed by atoms with Crippen molar-refractivity contribution >= 4 is 38.2 Å². The van der Waals surface area contributed by atoms with Crippen molar-refractivity contribution < 1.29 is 38.4 Å². The molecule has 0 spiro atoms. The van der Waals surface area contributed by atoms with Crippen molar-refractivity contribution in [1.82, 2.24) is 8.72 Å².